The molecule has 0 bridgehead atoms. The summed E-state index contributed by atoms with van der Waals surface area (Å²) in [5.74, 6) is 0.953. The van der Waals surface area contributed by atoms with Gasteiger partial charge in [0.05, 0.1) is 6.10 Å². The highest BCUT2D eigenvalue weighted by molar-refractivity contribution is 9.10. The fourth-order valence-corrected chi connectivity index (χ4v) is 2.04. The maximum atomic E-state index is 9.77. The lowest BCUT2D eigenvalue weighted by Crippen LogP contribution is -2.05. The van der Waals surface area contributed by atoms with Gasteiger partial charge in [-0.1, -0.05) is 55.8 Å². The SMILES string of the molecule is CC.CC.CC(C)Oc1cccc(C=Nc2ccc(Br)cc2O)c1. The first kappa shape index (κ1) is 22.2. The molecule has 4 heteroatoms. The maximum Gasteiger partial charge on any atom is 0.142 e. The number of aliphatic imine (C=N–C) groups is 1. The number of aromatic hydroxyl groups is 1. The van der Waals surface area contributed by atoms with Gasteiger partial charge in [0.2, 0.25) is 0 Å². The molecule has 0 fully saturated rings. The summed E-state index contributed by atoms with van der Waals surface area (Å²) in [7, 11) is 0. The summed E-state index contributed by atoms with van der Waals surface area (Å²) in [5.41, 5.74) is 1.45. The van der Waals surface area contributed by atoms with Crippen LogP contribution in [0, 0.1) is 0 Å². The second kappa shape index (κ2) is 12.6. The summed E-state index contributed by atoms with van der Waals surface area (Å²) >= 11 is 3.30. The predicted molar refractivity (Wildman–Crippen MR) is 108 cm³/mol. The second-order valence-electron chi connectivity index (χ2n) is 4.63. The Balaban J connectivity index is 0.00000123. The maximum absolute atomic E-state index is 9.77. The van der Waals surface area contributed by atoms with Crippen LogP contribution < -0.4 is 4.74 Å². The van der Waals surface area contributed by atoms with Gasteiger partial charge in [-0.05, 0) is 49.7 Å². The van der Waals surface area contributed by atoms with Gasteiger partial charge < -0.3 is 9.84 Å². The molecule has 0 saturated heterocycles. The minimum absolute atomic E-state index is 0.137. The van der Waals surface area contributed by atoms with Crippen molar-refractivity contribution in [3.63, 3.8) is 0 Å². The molecule has 1 N–H and O–H groups in total. The van der Waals surface area contributed by atoms with Crippen molar-refractivity contribution < 1.29 is 9.84 Å². The van der Waals surface area contributed by atoms with Crippen LogP contribution in [0.15, 0.2) is 51.9 Å². The summed E-state index contributed by atoms with van der Waals surface area (Å²) < 4.78 is 6.45. The molecule has 0 heterocycles. The van der Waals surface area contributed by atoms with E-state index >= 15 is 0 Å². The average molecular weight is 394 g/mol. The Kier molecular flexibility index (Phi) is 11.6. The molecule has 0 saturated carbocycles. The Morgan fingerprint density at radius 2 is 1.71 bits per heavy atom. The van der Waals surface area contributed by atoms with E-state index in [0.29, 0.717) is 5.69 Å². The summed E-state index contributed by atoms with van der Waals surface area (Å²) in [6.45, 7) is 12.0. The fraction of sp³-hybridized carbons (Fsp3) is 0.350. The molecule has 0 aliphatic carbocycles. The van der Waals surface area contributed by atoms with E-state index in [9.17, 15) is 5.11 Å². The van der Waals surface area contributed by atoms with Crippen molar-refractivity contribution in [1.29, 1.82) is 0 Å². The standard InChI is InChI=1S/C16H16BrNO2.2C2H6/c1-11(2)20-14-5-3-4-12(8-14)10-18-15-7-6-13(17)9-16(15)19;2*1-2/h3-11,19H,1-2H3;2*1-2H3. The first-order chi connectivity index (χ1) is 11.5. The van der Waals surface area contributed by atoms with E-state index in [4.69, 9.17) is 4.74 Å². The van der Waals surface area contributed by atoms with Gasteiger partial charge in [0.1, 0.15) is 17.2 Å². The largest absolute Gasteiger partial charge is 0.506 e. The number of hydrogen-bond donors (Lipinski definition) is 1. The molecule has 0 spiro atoms. The van der Waals surface area contributed by atoms with Gasteiger partial charge in [-0.15, -0.1) is 0 Å². The van der Waals surface area contributed by atoms with Crippen LogP contribution in [0.5, 0.6) is 11.5 Å². The fourth-order valence-electron chi connectivity index (χ4n) is 1.69. The zero-order chi connectivity index (χ0) is 18.5. The summed E-state index contributed by atoms with van der Waals surface area (Å²) in [6, 6.07) is 12.9. The molecule has 0 radical (unpaired) electrons. The third-order valence-electron chi connectivity index (χ3n) is 2.52. The van der Waals surface area contributed by atoms with E-state index in [0.717, 1.165) is 15.8 Å². The summed E-state index contributed by atoms with van der Waals surface area (Å²) in [4.78, 5) is 4.29. The predicted octanol–water partition coefficient (Wildman–Crippen LogP) is 6.74. The smallest absolute Gasteiger partial charge is 0.142 e. The summed E-state index contributed by atoms with van der Waals surface area (Å²) in [6.07, 6.45) is 1.84. The highest BCUT2D eigenvalue weighted by atomic mass is 79.9. The van der Waals surface area contributed by atoms with Crippen molar-refractivity contribution in [2.45, 2.75) is 47.6 Å². The van der Waals surface area contributed by atoms with Crippen molar-refractivity contribution >= 4 is 27.8 Å². The Morgan fingerprint density at radius 1 is 1.04 bits per heavy atom. The average Bonchev–Trinajstić information content (AvgIpc) is 2.57. The number of hydrogen-bond acceptors (Lipinski definition) is 3. The number of nitrogens with zero attached hydrogens (tertiary/aromatic N) is 1. The van der Waals surface area contributed by atoms with E-state index in [1.807, 2.05) is 71.9 Å². The van der Waals surface area contributed by atoms with Crippen molar-refractivity contribution in [1.82, 2.24) is 0 Å². The zero-order valence-electron chi connectivity index (χ0n) is 15.4. The molecule has 0 atom stereocenters. The lowest BCUT2D eigenvalue weighted by atomic mass is 10.2. The quantitative estimate of drug-likeness (QED) is 0.583. The van der Waals surface area contributed by atoms with Crippen molar-refractivity contribution in [2.24, 2.45) is 4.99 Å². The molecule has 2 aromatic rings. The van der Waals surface area contributed by atoms with Crippen LogP contribution >= 0.6 is 15.9 Å². The Hall–Kier alpha value is -1.81. The molecule has 3 nitrogen and oxygen atoms in total. The lowest BCUT2D eigenvalue weighted by Gasteiger charge is -2.09. The van der Waals surface area contributed by atoms with Gasteiger partial charge in [0.15, 0.2) is 0 Å². The monoisotopic (exact) mass is 393 g/mol. The Labute approximate surface area is 154 Å². The van der Waals surface area contributed by atoms with Gasteiger partial charge in [-0.2, -0.15) is 0 Å². The van der Waals surface area contributed by atoms with Gasteiger partial charge in [0.25, 0.3) is 0 Å². The third kappa shape index (κ3) is 8.16. The van der Waals surface area contributed by atoms with Crippen LogP contribution in [-0.4, -0.2) is 17.4 Å². The minimum atomic E-state index is 0.137. The number of benzene rings is 2. The molecular weight excluding hydrogens is 366 g/mol. The van der Waals surface area contributed by atoms with Crippen LogP contribution in [0.4, 0.5) is 5.69 Å². The van der Waals surface area contributed by atoms with E-state index < -0.39 is 0 Å². The van der Waals surface area contributed by atoms with Crippen LogP contribution in [0.2, 0.25) is 0 Å². The minimum Gasteiger partial charge on any atom is -0.506 e. The number of ether oxygens (including phenoxy) is 1. The van der Waals surface area contributed by atoms with Crippen LogP contribution in [0.25, 0.3) is 0 Å². The Morgan fingerprint density at radius 3 is 2.29 bits per heavy atom. The van der Waals surface area contributed by atoms with Crippen LogP contribution in [-0.2, 0) is 0 Å². The number of halogens is 1. The second-order valence-corrected chi connectivity index (χ2v) is 5.55. The molecule has 0 unspecified atom stereocenters. The van der Waals surface area contributed by atoms with Crippen molar-refractivity contribution in [3.05, 3.63) is 52.5 Å². The topological polar surface area (TPSA) is 41.8 Å². The molecule has 24 heavy (non-hydrogen) atoms. The highest BCUT2D eigenvalue weighted by Crippen LogP contribution is 2.29. The first-order valence-corrected chi connectivity index (χ1v) is 9.13. The van der Waals surface area contributed by atoms with Gasteiger partial charge in [-0.3, -0.25) is 4.99 Å². The zero-order valence-corrected chi connectivity index (χ0v) is 17.0. The number of phenolic OH excluding ortho intramolecular Hbond substituents is 1. The van der Waals surface area contributed by atoms with E-state index in [-0.39, 0.29) is 11.9 Å². The number of rotatable bonds is 4. The van der Waals surface area contributed by atoms with Crippen LogP contribution in [0.1, 0.15) is 47.1 Å². The lowest BCUT2D eigenvalue weighted by molar-refractivity contribution is 0.242. The molecule has 2 aromatic carbocycles. The molecule has 132 valence electrons. The molecule has 0 aliphatic heterocycles. The molecule has 0 amide bonds. The molecule has 0 aliphatic rings. The van der Waals surface area contributed by atoms with Gasteiger partial charge in [0, 0.05) is 10.7 Å². The third-order valence-corrected chi connectivity index (χ3v) is 3.01. The van der Waals surface area contributed by atoms with Gasteiger partial charge >= 0.3 is 0 Å². The van der Waals surface area contributed by atoms with Gasteiger partial charge in [-0.25, -0.2) is 0 Å². The summed E-state index contributed by atoms with van der Waals surface area (Å²) in [5, 5.41) is 9.77. The normalized spacial score (nSPS) is 9.83. The number of phenols is 1. The van der Waals surface area contributed by atoms with E-state index in [1.54, 1.807) is 18.3 Å². The van der Waals surface area contributed by atoms with Crippen molar-refractivity contribution in [2.75, 3.05) is 0 Å². The van der Waals surface area contributed by atoms with E-state index in [2.05, 4.69) is 20.9 Å². The van der Waals surface area contributed by atoms with Crippen molar-refractivity contribution in [3.8, 4) is 11.5 Å². The van der Waals surface area contributed by atoms with Crippen LogP contribution in [0.3, 0.4) is 0 Å². The highest BCUT2D eigenvalue weighted by Gasteiger charge is 2.00. The first-order valence-electron chi connectivity index (χ1n) is 8.34. The molecule has 0 aromatic heterocycles. The van der Waals surface area contributed by atoms with E-state index in [1.165, 1.54) is 0 Å². The Bertz CT molecular complexity index is 625. The molecular formula is C20H28BrNO2. The molecule has 2 rings (SSSR count).